The minimum atomic E-state index is 0.395. The third kappa shape index (κ3) is 1.54. The van der Waals surface area contributed by atoms with Crippen LogP contribution in [0.4, 0.5) is 0 Å². The summed E-state index contributed by atoms with van der Waals surface area (Å²) in [6.07, 6.45) is 1.58. The van der Waals surface area contributed by atoms with Crippen molar-refractivity contribution < 1.29 is 13.9 Å². The first-order valence-electron chi connectivity index (χ1n) is 3.93. The van der Waals surface area contributed by atoms with Gasteiger partial charge < -0.3 is 9.15 Å². The van der Waals surface area contributed by atoms with Gasteiger partial charge in [0.1, 0.15) is 0 Å². The highest BCUT2D eigenvalue weighted by atomic mass is 32.1. The number of thiazole rings is 1. The Kier molecular flexibility index (Phi) is 2.32. The van der Waals surface area contributed by atoms with Crippen LogP contribution in [0.3, 0.4) is 0 Å². The second-order valence-corrected chi connectivity index (χ2v) is 3.54. The largest absolute Gasteiger partial charge is 0.462 e. The van der Waals surface area contributed by atoms with E-state index in [1.165, 1.54) is 11.3 Å². The Morgan fingerprint density at radius 2 is 2.50 bits per heavy atom. The van der Waals surface area contributed by atoms with E-state index in [-0.39, 0.29) is 0 Å². The van der Waals surface area contributed by atoms with Gasteiger partial charge in [0, 0.05) is 0 Å². The van der Waals surface area contributed by atoms with Crippen molar-refractivity contribution >= 4 is 17.8 Å². The second kappa shape index (κ2) is 3.63. The maximum Gasteiger partial charge on any atom is 0.299 e. The van der Waals surface area contributed by atoms with Gasteiger partial charge in [-0.15, -0.1) is 0 Å². The molecule has 2 aromatic heterocycles. The summed E-state index contributed by atoms with van der Waals surface area (Å²) in [5.41, 5.74) is 0.688. The summed E-state index contributed by atoms with van der Waals surface area (Å²) < 4.78 is 9.92. The quantitative estimate of drug-likeness (QED) is 0.727. The van der Waals surface area contributed by atoms with E-state index < -0.39 is 0 Å². The SMILES string of the molecule is Cc1nc(-c2ccco2)sc1OC=O. The molecule has 0 unspecified atom stereocenters. The number of furan rings is 1. The molecule has 5 heteroatoms. The Bertz CT molecular complexity index is 433. The van der Waals surface area contributed by atoms with Gasteiger partial charge in [-0.1, -0.05) is 11.3 Å². The van der Waals surface area contributed by atoms with Crippen LogP contribution in [0.5, 0.6) is 5.06 Å². The van der Waals surface area contributed by atoms with Crippen molar-refractivity contribution in [3.05, 3.63) is 24.1 Å². The van der Waals surface area contributed by atoms with Crippen LogP contribution in [0.2, 0.25) is 0 Å². The summed E-state index contributed by atoms with van der Waals surface area (Å²) in [7, 11) is 0. The third-order valence-corrected chi connectivity index (χ3v) is 2.70. The van der Waals surface area contributed by atoms with Gasteiger partial charge in [-0.3, -0.25) is 4.79 Å². The van der Waals surface area contributed by atoms with Gasteiger partial charge in [0.25, 0.3) is 6.47 Å². The number of carbonyl (C=O) groups excluding carboxylic acids is 1. The van der Waals surface area contributed by atoms with Crippen molar-refractivity contribution in [1.82, 2.24) is 4.98 Å². The van der Waals surface area contributed by atoms with Gasteiger partial charge in [-0.05, 0) is 19.1 Å². The Morgan fingerprint density at radius 1 is 1.64 bits per heavy atom. The Balaban J connectivity index is 2.37. The smallest absolute Gasteiger partial charge is 0.299 e. The van der Waals surface area contributed by atoms with Crippen molar-refractivity contribution in [2.24, 2.45) is 0 Å². The fourth-order valence-electron chi connectivity index (χ4n) is 1.04. The number of nitrogens with zero attached hydrogens (tertiary/aromatic N) is 1. The normalized spacial score (nSPS) is 10.1. The zero-order valence-electron chi connectivity index (χ0n) is 7.39. The number of hydrogen-bond acceptors (Lipinski definition) is 5. The molecule has 0 aliphatic rings. The van der Waals surface area contributed by atoms with Crippen molar-refractivity contribution in [1.29, 1.82) is 0 Å². The Hall–Kier alpha value is -1.62. The number of aromatic nitrogens is 1. The zero-order valence-corrected chi connectivity index (χ0v) is 8.21. The minimum absolute atomic E-state index is 0.395. The molecule has 0 N–H and O–H groups in total. The van der Waals surface area contributed by atoms with E-state index in [0.717, 1.165) is 0 Å². The molecule has 14 heavy (non-hydrogen) atoms. The number of aryl methyl sites for hydroxylation is 1. The molecule has 72 valence electrons. The molecule has 0 fully saturated rings. The molecule has 0 amide bonds. The van der Waals surface area contributed by atoms with Gasteiger partial charge in [-0.2, -0.15) is 0 Å². The first-order valence-corrected chi connectivity index (χ1v) is 4.74. The molecule has 2 aromatic rings. The Morgan fingerprint density at radius 3 is 3.14 bits per heavy atom. The van der Waals surface area contributed by atoms with E-state index in [4.69, 9.17) is 9.15 Å². The third-order valence-electron chi connectivity index (χ3n) is 1.64. The number of rotatable bonds is 3. The second-order valence-electron chi connectivity index (χ2n) is 2.58. The lowest BCUT2D eigenvalue weighted by molar-refractivity contribution is -0.120. The van der Waals surface area contributed by atoms with E-state index in [1.807, 2.05) is 6.07 Å². The maximum absolute atomic E-state index is 10.2. The molecule has 0 spiro atoms. The molecular weight excluding hydrogens is 202 g/mol. The van der Waals surface area contributed by atoms with Crippen molar-refractivity contribution in [2.75, 3.05) is 0 Å². The Labute approximate surface area is 84.1 Å². The van der Waals surface area contributed by atoms with Crippen LogP contribution in [0.1, 0.15) is 5.69 Å². The zero-order chi connectivity index (χ0) is 9.97. The summed E-state index contributed by atoms with van der Waals surface area (Å²) in [6, 6.07) is 3.59. The van der Waals surface area contributed by atoms with Crippen LogP contribution in [0.25, 0.3) is 10.8 Å². The van der Waals surface area contributed by atoms with E-state index in [2.05, 4.69) is 4.98 Å². The molecule has 0 atom stereocenters. The van der Waals surface area contributed by atoms with E-state index in [0.29, 0.717) is 28.0 Å². The minimum Gasteiger partial charge on any atom is -0.462 e. The number of ether oxygens (including phenoxy) is 1. The van der Waals surface area contributed by atoms with Crippen molar-refractivity contribution in [2.45, 2.75) is 6.92 Å². The fourth-order valence-corrected chi connectivity index (χ4v) is 1.90. The summed E-state index contributed by atoms with van der Waals surface area (Å²) >= 11 is 1.28. The standard InChI is InChI=1S/C9H7NO3S/c1-6-9(13-5-11)14-8(10-6)7-3-2-4-12-7/h2-5H,1H3. The van der Waals surface area contributed by atoms with Crippen molar-refractivity contribution in [3.8, 4) is 15.8 Å². The van der Waals surface area contributed by atoms with Gasteiger partial charge in [0.05, 0.1) is 12.0 Å². The number of carbonyl (C=O) groups is 1. The van der Waals surface area contributed by atoms with Gasteiger partial charge in [-0.25, -0.2) is 4.98 Å². The van der Waals surface area contributed by atoms with Gasteiger partial charge in [0.15, 0.2) is 10.8 Å². The monoisotopic (exact) mass is 209 g/mol. The van der Waals surface area contributed by atoms with E-state index >= 15 is 0 Å². The summed E-state index contributed by atoms with van der Waals surface area (Å²) in [6.45, 7) is 2.17. The lowest BCUT2D eigenvalue weighted by Crippen LogP contribution is -1.86. The molecular formula is C9H7NO3S. The molecule has 0 bridgehead atoms. The molecule has 0 aromatic carbocycles. The van der Waals surface area contributed by atoms with Crippen LogP contribution in [0, 0.1) is 6.92 Å². The lowest BCUT2D eigenvalue weighted by Gasteiger charge is -1.88. The number of hydrogen-bond donors (Lipinski definition) is 0. The maximum atomic E-state index is 10.2. The molecule has 2 rings (SSSR count). The van der Waals surface area contributed by atoms with Crippen LogP contribution in [0.15, 0.2) is 22.8 Å². The van der Waals surface area contributed by atoms with Crippen LogP contribution < -0.4 is 4.74 Å². The summed E-state index contributed by atoms with van der Waals surface area (Å²) in [5.74, 6) is 0.679. The highest BCUT2D eigenvalue weighted by Gasteiger charge is 2.11. The highest BCUT2D eigenvalue weighted by molar-refractivity contribution is 7.16. The van der Waals surface area contributed by atoms with Gasteiger partial charge in [0.2, 0.25) is 5.06 Å². The molecule has 0 aliphatic carbocycles. The predicted octanol–water partition coefficient (Wildman–Crippen LogP) is 2.25. The average molecular weight is 209 g/mol. The van der Waals surface area contributed by atoms with E-state index in [1.54, 1.807) is 19.3 Å². The summed E-state index contributed by atoms with van der Waals surface area (Å²) in [4.78, 5) is 14.4. The fraction of sp³-hybridized carbons (Fsp3) is 0.111. The van der Waals surface area contributed by atoms with Crippen LogP contribution >= 0.6 is 11.3 Å². The molecule has 4 nitrogen and oxygen atoms in total. The molecule has 0 saturated carbocycles. The highest BCUT2D eigenvalue weighted by Crippen LogP contribution is 2.33. The molecule has 0 aliphatic heterocycles. The van der Waals surface area contributed by atoms with Crippen molar-refractivity contribution in [3.63, 3.8) is 0 Å². The summed E-state index contributed by atoms with van der Waals surface area (Å²) in [5, 5.41) is 1.22. The topological polar surface area (TPSA) is 52.3 Å². The van der Waals surface area contributed by atoms with Gasteiger partial charge >= 0.3 is 0 Å². The van der Waals surface area contributed by atoms with Crippen LogP contribution in [-0.4, -0.2) is 11.5 Å². The predicted molar refractivity (Wildman–Crippen MR) is 51.2 cm³/mol. The lowest BCUT2D eigenvalue weighted by atomic mass is 10.4. The first-order chi connectivity index (χ1) is 6.81. The first kappa shape index (κ1) is 8.96. The average Bonchev–Trinajstić information content (AvgIpc) is 2.76. The molecule has 0 saturated heterocycles. The molecule has 0 radical (unpaired) electrons. The molecule has 2 heterocycles. The van der Waals surface area contributed by atoms with E-state index in [9.17, 15) is 4.79 Å². The van der Waals surface area contributed by atoms with Crippen LogP contribution in [-0.2, 0) is 4.79 Å².